The maximum atomic E-state index is 12.5. The van der Waals surface area contributed by atoms with Gasteiger partial charge in [-0.2, -0.15) is 4.31 Å². The number of thiazole rings is 1. The molecule has 19 heavy (non-hydrogen) atoms. The Kier molecular flexibility index (Phi) is 4.22. The summed E-state index contributed by atoms with van der Waals surface area (Å²) in [5.41, 5.74) is 0. The van der Waals surface area contributed by atoms with E-state index in [9.17, 15) is 13.2 Å². The number of aliphatic carboxylic acids is 1. The van der Waals surface area contributed by atoms with Gasteiger partial charge in [0.25, 0.3) is 10.0 Å². The summed E-state index contributed by atoms with van der Waals surface area (Å²) in [4.78, 5) is 15.2. The van der Waals surface area contributed by atoms with E-state index in [-0.39, 0.29) is 10.8 Å². The lowest BCUT2D eigenvalue weighted by Crippen LogP contribution is -2.47. The standard InChI is InChI=1S/C11H16N2O4S2/c1-2-9-12-7-10(18-9)19(16,17)13-6-4-3-5-8(13)11(14)15/h7-8H,2-6H2,1H3,(H,14,15). The molecule has 0 radical (unpaired) electrons. The summed E-state index contributed by atoms with van der Waals surface area (Å²) in [6, 6.07) is -0.953. The first-order chi connectivity index (χ1) is 8.96. The summed E-state index contributed by atoms with van der Waals surface area (Å²) in [7, 11) is -3.74. The van der Waals surface area contributed by atoms with Crippen molar-refractivity contribution >= 4 is 27.3 Å². The van der Waals surface area contributed by atoms with E-state index in [0.717, 1.165) is 27.1 Å². The van der Waals surface area contributed by atoms with Crippen molar-refractivity contribution in [2.45, 2.75) is 42.9 Å². The van der Waals surface area contributed by atoms with Gasteiger partial charge in [-0.1, -0.05) is 6.92 Å². The van der Waals surface area contributed by atoms with Crippen molar-refractivity contribution in [3.8, 4) is 0 Å². The van der Waals surface area contributed by atoms with Gasteiger partial charge in [0.1, 0.15) is 6.04 Å². The van der Waals surface area contributed by atoms with E-state index >= 15 is 0 Å². The molecule has 2 heterocycles. The number of aryl methyl sites for hydroxylation is 1. The molecule has 1 atom stereocenters. The van der Waals surface area contributed by atoms with Crippen LogP contribution in [0.1, 0.15) is 31.2 Å². The average molecular weight is 304 g/mol. The number of aromatic nitrogens is 1. The number of carbonyl (C=O) groups is 1. The van der Waals surface area contributed by atoms with Crippen molar-refractivity contribution < 1.29 is 18.3 Å². The SMILES string of the molecule is CCc1ncc(S(=O)(=O)N2CCCCC2C(=O)O)s1. The monoisotopic (exact) mass is 304 g/mol. The topological polar surface area (TPSA) is 87.6 Å². The third-order valence-corrected chi connectivity index (χ3v) is 6.62. The second kappa shape index (κ2) is 5.56. The molecule has 8 heteroatoms. The molecular formula is C11H16N2O4S2. The highest BCUT2D eigenvalue weighted by atomic mass is 32.2. The normalized spacial score (nSPS) is 21.4. The number of hydrogen-bond acceptors (Lipinski definition) is 5. The minimum atomic E-state index is -3.74. The Morgan fingerprint density at radius 1 is 1.58 bits per heavy atom. The first kappa shape index (κ1) is 14.4. The molecule has 2 rings (SSSR count). The summed E-state index contributed by atoms with van der Waals surface area (Å²) in [5, 5.41) is 9.89. The molecule has 6 nitrogen and oxygen atoms in total. The van der Waals surface area contributed by atoms with Gasteiger partial charge in [-0.05, 0) is 25.7 Å². The Morgan fingerprint density at radius 2 is 2.32 bits per heavy atom. The Labute approximate surface area is 116 Å². The van der Waals surface area contributed by atoms with E-state index in [2.05, 4.69) is 4.98 Å². The molecule has 1 aromatic rings. The Hall–Kier alpha value is -0.990. The van der Waals surface area contributed by atoms with E-state index in [0.29, 0.717) is 19.3 Å². The molecule has 0 aromatic carbocycles. The minimum Gasteiger partial charge on any atom is -0.480 e. The molecule has 1 aliphatic rings. The van der Waals surface area contributed by atoms with Gasteiger partial charge in [-0.3, -0.25) is 4.79 Å². The van der Waals surface area contributed by atoms with Gasteiger partial charge < -0.3 is 5.11 Å². The third kappa shape index (κ3) is 2.80. The van der Waals surface area contributed by atoms with E-state index < -0.39 is 22.0 Å². The van der Waals surface area contributed by atoms with Crippen LogP contribution < -0.4 is 0 Å². The van der Waals surface area contributed by atoms with Crippen LogP contribution in [-0.4, -0.2) is 41.4 Å². The molecule has 0 saturated carbocycles. The first-order valence-corrected chi connectivity index (χ1v) is 8.42. The van der Waals surface area contributed by atoms with Crippen molar-refractivity contribution in [1.82, 2.24) is 9.29 Å². The van der Waals surface area contributed by atoms with Crippen molar-refractivity contribution in [2.24, 2.45) is 0 Å². The van der Waals surface area contributed by atoms with Crippen molar-refractivity contribution in [3.05, 3.63) is 11.2 Å². The van der Waals surface area contributed by atoms with Gasteiger partial charge >= 0.3 is 5.97 Å². The van der Waals surface area contributed by atoms with Crippen LogP contribution in [0, 0.1) is 0 Å². The third-order valence-electron chi connectivity index (χ3n) is 3.14. The number of hydrogen-bond donors (Lipinski definition) is 1. The van der Waals surface area contributed by atoms with Crippen LogP contribution >= 0.6 is 11.3 Å². The lowest BCUT2D eigenvalue weighted by Gasteiger charge is -2.31. The van der Waals surface area contributed by atoms with Gasteiger partial charge in [0.05, 0.1) is 11.2 Å². The second-order valence-corrected chi connectivity index (χ2v) is 7.62. The van der Waals surface area contributed by atoms with Gasteiger partial charge in [0.2, 0.25) is 0 Å². The van der Waals surface area contributed by atoms with Crippen LogP contribution in [0.5, 0.6) is 0 Å². The summed E-state index contributed by atoms with van der Waals surface area (Å²) in [6.07, 6.45) is 3.80. The fourth-order valence-corrected chi connectivity index (χ4v) is 5.03. The Morgan fingerprint density at radius 3 is 2.89 bits per heavy atom. The fraction of sp³-hybridized carbons (Fsp3) is 0.636. The summed E-state index contributed by atoms with van der Waals surface area (Å²) in [5.74, 6) is -1.08. The fourth-order valence-electron chi connectivity index (χ4n) is 2.13. The minimum absolute atomic E-state index is 0.137. The highest BCUT2D eigenvalue weighted by Crippen LogP contribution is 2.28. The predicted molar refractivity (Wildman–Crippen MR) is 70.7 cm³/mol. The van der Waals surface area contributed by atoms with Gasteiger partial charge in [0.15, 0.2) is 4.21 Å². The van der Waals surface area contributed by atoms with Crippen molar-refractivity contribution in [1.29, 1.82) is 0 Å². The molecule has 106 valence electrons. The number of nitrogens with zero attached hydrogens (tertiary/aromatic N) is 2. The van der Waals surface area contributed by atoms with E-state index in [1.807, 2.05) is 6.92 Å². The zero-order valence-corrected chi connectivity index (χ0v) is 12.2. The number of rotatable bonds is 4. The highest BCUT2D eigenvalue weighted by Gasteiger charge is 2.38. The van der Waals surface area contributed by atoms with Crippen LogP contribution in [0.25, 0.3) is 0 Å². The van der Waals surface area contributed by atoms with E-state index in [4.69, 9.17) is 5.11 Å². The number of carboxylic acids is 1. The van der Waals surface area contributed by atoms with Crippen molar-refractivity contribution in [3.63, 3.8) is 0 Å². The van der Waals surface area contributed by atoms with Gasteiger partial charge in [0, 0.05) is 6.54 Å². The molecule has 0 spiro atoms. The first-order valence-electron chi connectivity index (χ1n) is 6.16. The predicted octanol–water partition coefficient (Wildman–Crippen LogP) is 1.33. The quantitative estimate of drug-likeness (QED) is 0.906. The molecule has 1 saturated heterocycles. The maximum Gasteiger partial charge on any atom is 0.322 e. The van der Waals surface area contributed by atoms with Crippen LogP contribution in [0.15, 0.2) is 10.4 Å². The maximum absolute atomic E-state index is 12.5. The molecule has 0 aliphatic carbocycles. The highest BCUT2D eigenvalue weighted by molar-refractivity contribution is 7.91. The van der Waals surface area contributed by atoms with Crippen LogP contribution in [0.2, 0.25) is 0 Å². The lowest BCUT2D eigenvalue weighted by molar-refractivity contribution is -0.142. The molecule has 1 aromatic heterocycles. The van der Waals surface area contributed by atoms with Gasteiger partial charge in [-0.25, -0.2) is 13.4 Å². The molecular weight excluding hydrogens is 288 g/mol. The zero-order valence-electron chi connectivity index (χ0n) is 10.6. The Balaban J connectivity index is 2.34. The molecule has 1 N–H and O–H groups in total. The average Bonchev–Trinajstić information content (AvgIpc) is 2.88. The van der Waals surface area contributed by atoms with Crippen molar-refractivity contribution in [2.75, 3.05) is 6.54 Å². The summed E-state index contributed by atoms with van der Waals surface area (Å²) in [6.45, 7) is 2.16. The van der Waals surface area contributed by atoms with Crippen LogP contribution in [0.3, 0.4) is 0 Å². The molecule has 1 unspecified atom stereocenters. The van der Waals surface area contributed by atoms with E-state index in [1.165, 1.54) is 6.20 Å². The summed E-state index contributed by atoms with van der Waals surface area (Å²) < 4.78 is 26.2. The van der Waals surface area contributed by atoms with Gasteiger partial charge in [-0.15, -0.1) is 11.3 Å². The molecule has 1 aliphatic heterocycles. The smallest absolute Gasteiger partial charge is 0.322 e. The number of sulfonamides is 1. The summed E-state index contributed by atoms with van der Waals surface area (Å²) >= 11 is 1.11. The van der Waals surface area contributed by atoms with Crippen LogP contribution in [-0.2, 0) is 21.2 Å². The largest absolute Gasteiger partial charge is 0.480 e. The van der Waals surface area contributed by atoms with E-state index in [1.54, 1.807) is 0 Å². The number of carboxylic acid groups (broad SMARTS) is 1. The Bertz CT molecular complexity index is 567. The lowest BCUT2D eigenvalue weighted by atomic mass is 10.1. The molecule has 0 bridgehead atoms. The zero-order chi connectivity index (χ0) is 14.0. The number of piperidine rings is 1. The second-order valence-electron chi connectivity index (χ2n) is 4.39. The molecule has 0 amide bonds. The molecule has 1 fully saturated rings. The van der Waals surface area contributed by atoms with Crippen LogP contribution in [0.4, 0.5) is 0 Å².